The van der Waals surface area contributed by atoms with Crippen molar-refractivity contribution in [3.63, 3.8) is 0 Å². The standard InChI is InChI=1S/C14H17BrN2/c1-11(12-3-2-4-13(15)9-12)17-10-14(5-6-14)7-8-16/h2-4,9,11,17H,5-7,10H2,1H3/t11-/m1/s1. The van der Waals surface area contributed by atoms with Gasteiger partial charge in [0.2, 0.25) is 0 Å². The Balaban J connectivity index is 1.90. The zero-order valence-electron chi connectivity index (χ0n) is 10.0. The largest absolute Gasteiger partial charge is 0.310 e. The molecule has 0 amide bonds. The summed E-state index contributed by atoms with van der Waals surface area (Å²) in [6, 6.07) is 11.0. The van der Waals surface area contributed by atoms with Gasteiger partial charge in [-0.3, -0.25) is 0 Å². The summed E-state index contributed by atoms with van der Waals surface area (Å²) >= 11 is 3.49. The van der Waals surface area contributed by atoms with Crippen molar-refractivity contribution in [2.45, 2.75) is 32.2 Å². The minimum absolute atomic E-state index is 0.273. The Labute approximate surface area is 111 Å². The quantitative estimate of drug-likeness (QED) is 0.896. The number of hydrogen-bond acceptors (Lipinski definition) is 2. The summed E-state index contributed by atoms with van der Waals surface area (Å²) < 4.78 is 1.11. The topological polar surface area (TPSA) is 35.8 Å². The van der Waals surface area contributed by atoms with Crippen LogP contribution in [0.2, 0.25) is 0 Å². The van der Waals surface area contributed by atoms with Gasteiger partial charge in [-0.25, -0.2) is 0 Å². The highest BCUT2D eigenvalue weighted by atomic mass is 79.9. The molecule has 0 radical (unpaired) electrons. The van der Waals surface area contributed by atoms with E-state index in [1.807, 2.05) is 6.07 Å². The Hall–Kier alpha value is -0.850. The van der Waals surface area contributed by atoms with Gasteiger partial charge in [-0.1, -0.05) is 28.1 Å². The van der Waals surface area contributed by atoms with E-state index in [1.165, 1.54) is 18.4 Å². The zero-order chi connectivity index (χ0) is 12.3. The molecule has 2 rings (SSSR count). The third-order valence-corrected chi connectivity index (χ3v) is 4.04. The van der Waals surface area contributed by atoms with Gasteiger partial charge in [0.15, 0.2) is 0 Å². The SMILES string of the molecule is C[C@@H](NCC1(CC#N)CC1)c1cccc(Br)c1. The third-order valence-electron chi connectivity index (χ3n) is 3.54. The van der Waals surface area contributed by atoms with Gasteiger partial charge >= 0.3 is 0 Å². The van der Waals surface area contributed by atoms with E-state index < -0.39 is 0 Å². The second-order valence-electron chi connectivity index (χ2n) is 4.99. The van der Waals surface area contributed by atoms with Crippen molar-refractivity contribution >= 4 is 15.9 Å². The lowest BCUT2D eigenvalue weighted by atomic mass is 10.0. The first kappa shape index (κ1) is 12.6. The summed E-state index contributed by atoms with van der Waals surface area (Å²) in [4.78, 5) is 0. The second kappa shape index (κ2) is 5.20. The van der Waals surface area contributed by atoms with E-state index in [4.69, 9.17) is 5.26 Å². The van der Waals surface area contributed by atoms with Crippen LogP contribution in [0.15, 0.2) is 28.7 Å². The minimum atomic E-state index is 0.273. The number of rotatable bonds is 5. The van der Waals surface area contributed by atoms with Gasteiger partial charge in [-0.2, -0.15) is 5.26 Å². The number of hydrogen-bond donors (Lipinski definition) is 1. The van der Waals surface area contributed by atoms with Gasteiger partial charge in [0.25, 0.3) is 0 Å². The van der Waals surface area contributed by atoms with Crippen molar-refractivity contribution in [3.8, 4) is 6.07 Å². The van der Waals surface area contributed by atoms with Gasteiger partial charge in [0.05, 0.1) is 6.07 Å². The first-order chi connectivity index (χ1) is 8.15. The molecule has 2 nitrogen and oxygen atoms in total. The van der Waals surface area contributed by atoms with Crippen molar-refractivity contribution in [2.75, 3.05) is 6.54 Å². The summed E-state index contributed by atoms with van der Waals surface area (Å²) in [6.07, 6.45) is 3.07. The predicted molar refractivity (Wildman–Crippen MR) is 72.5 cm³/mol. The second-order valence-corrected chi connectivity index (χ2v) is 5.91. The van der Waals surface area contributed by atoms with Crippen LogP contribution in [0.25, 0.3) is 0 Å². The lowest BCUT2D eigenvalue weighted by Gasteiger charge is -2.18. The fourth-order valence-electron chi connectivity index (χ4n) is 2.02. The van der Waals surface area contributed by atoms with Crippen LogP contribution in [0.1, 0.15) is 37.8 Å². The Morgan fingerprint density at radius 1 is 1.53 bits per heavy atom. The Kier molecular flexibility index (Phi) is 3.86. The van der Waals surface area contributed by atoms with Gasteiger partial charge < -0.3 is 5.32 Å². The molecule has 17 heavy (non-hydrogen) atoms. The van der Waals surface area contributed by atoms with E-state index in [9.17, 15) is 0 Å². The van der Waals surface area contributed by atoms with Crippen molar-refractivity contribution in [2.24, 2.45) is 5.41 Å². The molecule has 1 fully saturated rings. The molecule has 0 spiro atoms. The van der Waals surface area contributed by atoms with Gasteiger partial charge in [-0.15, -0.1) is 0 Å². The van der Waals surface area contributed by atoms with Crippen LogP contribution in [-0.2, 0) is 0 Å². The molecule has 0 unspecified atom stereocenters. The third kappa shape index (κ3) is 3.31. The normalized spacial score (nSPS) is 18.4. The Morgan fingerprint density at radius 2 is 2.29 bits per heavy atom. The molecule has 3 heteroatoms. The van der Waals surface area contributed by atoms with Gasteiger partial charge in [-0.05, 0) is 42.9 Å². The van der Waals surface area contributed by atoms with E-state index >= 15 is 0 Å². The minimum Gasteiger partial charge on any atom is -0.310 e. The number of nitriles is 1. The summed E-state index contributed by atoms with van der Waals surface area (Å²) in [7, 11) is 0. The zero-order valence-corrected chi connectivity index (χ0v) is 11.6. The molecule has 1 saturated carbocycles. The van der Waals surface area contributed by atoms with Crippen molar-refractivity contribution < 1.29 is 0 Å². The van der Waals surface area contributed by atoms with Crippen LogP contribution in [0.4, 0.5) is 0 Å². The van der Waals surface area contributed by atoms with E-state index in [-0.39, 0.29) is 5.41 Å². The van der Waals surface area contributed by atoms with E-state index in [0.717, 1.165) is 11.0 Å². The highest BCUT2D eigenvalue weighted by molar-refractivity contribution is 9.10. The average Bonchev–Trinajstić information content (AvgIpc) is 3.07. The van der Waals surface area contributed by atoms with Crippen LogP contribution in [0, 0.1) is 16.7 Å². The molecule has 1 aliphatic rings. The summed E-state index contributed by atoms with van der Waals surface area (Å²) in [5.41, 5.74) is 1.56. The highest BCUT2D eigenvalue weighted by Crippen LogP contribution is 2.48. The first-order valence-corrected chi connectivity index (χ1v) is 6.80. The lowest BCUT2D eigenvalue weighted by molar-refractivity contribution is 0.433. The molecule has 0 bridgehead atoms. The van der Waals surface area contributed by atoms with E-state index in [1.54, 1.807) is 0 Å². The van der Waals surface area contributed by atoms with E-state index in [0.29, 0.717) is 12.5 Å². The molecule has 1 atom stereocenters. The lowest BCUT2D eigenvalue weighted by Crippen LogP contribution is -2.26. The summed E-state index contributed by atoms with van der Waals surface area (Å²) in [5, 5.41) is 12.3. The maximum atomic E-state index is 8.78. The van der Waals surface area contributed by atoms with Crippen LogP contribution < -0.4 is 5.32 Å². The molecule has 0 heterocycles. The number of nitrogens with one attached hydrogen (secondary N) is 1. The fraction of sp³-hybridized carbons (Fsp3) is 0.500. The molecular formula is C14H17BrN2. The molecule has 0 aromatic heterocycles. The molecule has 0 saturated heterocycles. The van der Waals surface area contributed by atoms with Gasteiger partial charge in [0.1, 0.15) is 0 Å². The van der Waals surface area contributed by atoms with Gasteiger partial charge in [0, 0.05) is 23.5 Å². The maximum Gasteiger partial charge on any atom is 0.0628 e. The van der Waals surface area contributed by atoms with E-state index in [2.05, 4.69) is 52.4 Å². The van der Waals surface area contributed by atoms with Crippen LogP contribution in [0.5, 0.6) is 0 Å². The smallest absolute Gasteiger partial charge is 0.0628 e. The van der Waals surface area contributed by atoms with Crippen LogP contribution in [-0.4, -0.2) is 6.54 Å². The van der Waals surface area contributed by atoms with Crippen LogP contribution in [0.3, 0.4) is 0 Å². The van der Waals surface area contributed by atoms with Crippen molar-refractivity contribution in [1.82, 2.24) is 5.32 Å². The molecule has 1 aromatic carbocycles. The maximum absolute atomic E-state index is 8.78. The predicted octanol–water partition coefficient (Wildman–Crippen LogP) is 3.79. The molecule has 0 aliphatic heterocycles. The van der Waals surface area contributed by atoms with Crippen LogP contribution >= 0.6 is 15.9 Å². The van der Waals surface area contributed by atoms with Crippen molar-refractivity contribution in [1.29, 1.82) is 5.26 Å². The Morgan fingerprint density at radius 3 is 2.88 bits per heavy atom. The average molecular weight is 293 g/mol. The van der Waals surface area contributed by atoms with Crippen molar-refractivity contribution in [3.05, 3.63) is 34.3 Å². The number of halogens is 1. The number of benzene rings is 1. The number of nitrogens with zero attached hydrogens (tertiary/aromatic N) is 1. The molecule has 1 aliphatic carbocycles. The summed E-state index contributed by atoms with van der Waals surface area (Å²) in [6.45, 7) is 3.12. The first-order valence-electron chi connectivity index (χ1n) is 6.01. The molecule has 1 aromatic rings. The molecule has 1 N–H and O–H groups in total. The summed E-state index contributed by atoms with van der Waals surface area (Å²) in [5.74, 6) is 0. The highest BCUT2D eigenvalue weighted by Gasteiger charge is 2.42. The fourth-order valence-corrected chi connectivity index (χ4v) is 2.44. The Bertz CT molecular complexity index is 432. The monoisotopic (exact) mass is 292 g/mol. The molecule has 90 valence electrons. The molecular weight excluding hydrogens is 276 g/mol.